The Bertz CT molecular complexity index is 1100. The van der Waals surface area contributed by atoms with Crippen LogP contribution >= 0.6 is 0 Å². The first-order valence-corrected chi connectivity index (χ1v) is 10.2. The van der Waals surface area contributed by atoms with Gasteiger partial charge in [-0.2, -0.15) is 10.2 Å². The van der Waals surface area contributed by atoms with Crippen LogP contribution in [0.4, 0.5) is 11.4 Å². The number of hydrogen-bond acceptors (Lipinski definition) is 7. The number of carbonyl (C=O) groups excluding carboxylic acids is 1. The number of anilines is 1. The highest BCUT2D eigenvalue weighted by Crippen LogP contribution is 2.29. The maximum atomic E-state index is 12.8. The lowest BCUT2D eigenvalue weighted by molar-refractivity contribution is -0.385. The molecule has 2 heterocycles. The van der Waals surface area contributed by atoms with Crippen molar-refractivity contribution >= 4 is 17.3 Å². The van der Waals surface area contributed by atoms with Gasteiger partial charge in [0.1, 0.15) is 17.9 Å². The van der Waals surface area contributed by atoms with Gasteiger partial charge in [-0.25, -0.2) is 0 Å². The maximum absolute atomic E-state index is 12.8. The van der Waals surface area contributed by atoms with E-state index in [0.29, 0.717) is 36.9 Å². The van der Waals surface area contributed by atoms with Crippen molar-refractivity contribution in [3.63, 3.8) is 0 Å². The van der Waals surface area contributed by atoms with E-state index in [-0.39, 0.29) is 11.6 Å². The molecule has 0 saturated heterocycles. The third-order valence-corrected chi connectivity index (χ3v) is 4.75. The summed E-state index contributed by atoms with van der Waals surface area (Å²) in [6.45, 7) is 8.61. The minimum Gasteiger partial charge on any atom is -0.490 e. The molecule has 11 heteroatoms. The largest absolute Gasteiger partial charge is 0.490 e. The van der Waals surface area contributed by atoms with Crippen LogP contribution in [-0.2, 0) is 16.9 Å². The molecule has 170 valence electrons. The second kappa shape index (κ2) is 9.50. The average Bonchev–Trinajstić information content (AvgIpc) is 3.40. The van der Waals surface area contributed by atoms with Crippen LogP contribution < -0.4 is 14.8 Å². The normalized spacial score (nSPS) is 11.2. The molecule has 0 atom stereocenters. The van der Waals surface area contributed by atoms with Crippen molar-refractivity contribution < 1.29 is 19.2 Å². The average molecular weight is 442 g/mol. The molecule has 2 aromatic heterocycles. The van der Waals surface area contributed by atoms with E-state index in [4.69, 9.17) is 9.47 Å². The smallest absolute Gasteiger partial charge is 0.307 e. The van der Waals surface area contributed by atoms with Crippen LogP contribution in [0.3, 0.4) is 0 Å². The summed E-state index contributed by atoms with van der Waals surface area (Å²) in [5, 5.41) is 21.9. The van der Waals surface area contributed by atoms with E-state index < -0.39 is 10.5 Å². The Hall–Kier alpha value is -3.89. The third-order valence-electron chi connectivity index (χ3n) is 4.75. The summed E-state index contributed by atoms with van der Waals surface area (Å²) < 4.78 is 14.2. The van der Waals surface area contributed by atoms with Crippen molar-refractivity contribution in [2.24, 2.45) is 0 Å². The number of hydrogen-bond donors (Lipinski definition) is 1. The summed E-state index contributed by atoms with van der Waals surface area (Å²) >= 11 is 0. The van der Waals surface area contributed by atoms with E-state index in [1.165, 1.54) is 17.1 Å². The van der Waals surface area contributed by atoms with Gasteiger partial charge in [-0.3, -0.25) is 24.3 Å². The quantitative estimate of drug-likeness (QED) is 0.377. The van der Waals surface area contributed by atoms with Gasteiger partial charge in [0.25, 0.3) is 5.91 Å². The molecule has 0 saturated carbocycles. The lowest BCUT2D eigenvalue weighted by atomic mass is 10.1. The molecule has 1 aromatic carbocycles. The van der Waals surface area contributed by atoms with Crippen molar-refractivity contribution in [3.05, 3.63) is 58.7 Å². The lowest BCUT2D eigenvalue weighted by Crippen LogP contribution is -2.40. The topological polar surface area (TPSA) is 126 Å². The SMILES string of the molecule is CCOc1ccc(Cn2cc(NC(=O)C(C)(C)n3cc([N+](=O)[O-])cn3)cn2)cc1OCC. The Kier molecular flexibility index (Phi) is 6.76. The molecule has 3 aromatic rings. The summed E-state index contributed by atoms with van der Waals surface area (Å²) in [5.41, 5.74) is 0.140. The van der Waals surface area contributed by atoms with Crippen LogP contribution in [0.1, 0.15) is 33.3 Å². The fourth-order valence-electron chi connectivity index (χ4n) is 3.00. The van der Waals surface area contributed by atoms with Crippen molar-refractivity contribution in [2.75, 3.05) is 18.5 Å². The van der Waals surface area contributed by atoms with Crippen molar-refractivity contribution in [1.82, 2.24) is 19.6 Å². The first-order valence-electron chi connectivity index (χ1n) is 10.2. The Morgan fingerprint density at radius 1 is 1.12 bits per heavy atom. The highest BCUT2D eigenvalue weighted by molar-refractivity contribution is 5.95. The molecule has 0 radical (unpaired) electrons. The van der Waals surface area contributed by atoms with Crippen LogP contribution in [0.25, 0.3) is 0 Å². The van der Waals surface area contributed by atoms with E-state index in [1.807, 2.05) is 32.0 Å². The number of nitrogens with one attached hydrogen (secondary N) is 1. The van der Waals surface area contributed by atoms with Crippen LogP contribution in [-0.4, -0.2) is 43.6 Å². The number of rotatable bonds is 10. The van der Waals surface area contributed by atoms with Crippen LogP contribution in [0.5, 0.6) is 11.5 Å². The van der Waals surface area contributed by atoms with Gasteiger partial charge in [-0.15, -0.1) is 0 Å². The lowest BCUT2D eigenvalue weighted by Gasteiger charge is -2.23. The molecular weight excluding hydrogens is 416 g/mol. The van der Waals surface area contributed by atoms with Crippen LogP contribution in [0, 0.1) is 10.1 Å². The highest BCUT2D eigenvalue weighted by Gasteiger charge is 2.32. The van der Waals surface area contributed by atoms with Crippen LogP contribution in [0.2, 0.25) is 0 Å². The summed E-state index contributed by atoms with van der Waals surface area (Å²) in [6.07, 6.45) is 5.58. The molecule has 1 N–H and O–H groups in total. The van der Waals surface area contributed by atoms with E-state index in [0.717, 1.165) is 11.8 Å². The van der Waals surface area contributed by atoms with Gasteiger partial charge in [0.15, 0.2) is 11.5 Å². The first-order chi connectivity index (χ1) is 15.2. The number of ether oxygens (including phenoxy) is 2. The Labute approximate surface area is 185 Å². The zero-order valence-electron chi connectivity index (χ0n) is 18.4. The molecule has 0 fully saturated rings. The Balaban J connectivity index is 1.69. The van der Waals surface area contributed by atoms with E-state index in [2.05, 4.69) is 15.5 Å². The summed E-state index contributed by atoms with van der Waals surface area (Å²) in [6, 6.07) is 5.70. The van der Waals surface area contributed by atoms with Gasteiger partial charge in [0.2, 0.25) is 0 Å². The second-order valence-electron chi connectivity index (χ2n) is 7.49. The highest BCUT2D eigenvalue weighted by atomic mass is 16.6. The molecule has 0 aliphatic carbocycles. The van der Waals surface area contributed by atoms with Crippen molar-refractivity contribution in [1.29, 1.82) is 0 Å². The van der Waals surface area contributed by atoms with Gasteiger partial charge in [0.05, 0.1) is 36.6 Å². The van der Waals surface area contributed by atoms with Gasteiger partial charge in [-0.05, 0) is 45.4 Å². The number of benzene rings is 1. The molecule has 3 rings (SSSR count). The molecule has 0 unspecified atom stereocenters. The molecule has 32 heavy (non-hydrogen) atoms. The van der Waals surface area contributed by atoms with Crippen molar-refractivity contribution in [2.45, 2.75) is 39.8 Å². The zero-order chi connectivity index (χ0) is 23.3. The zero-order valence-corrected chi connectivity index (χ0v) is 18.4. The Morgan fingerprint density at radius 2 is 1.84 bits per heavy atom. The number of nitro groups is 1. The molecule has 0 bridgehead atoms. The third kappa shape index (κ3) is 5.05. The van der Waals surface area contributed by atoms with Gasteiger partial charge >= 0.3 is 5.69 Å². The van der Waals surface area contributed by atoms with Gasteiger partial charge < -0.3 is 14.8 Å². The number of amides is 1. The molecule has 11 nitrogen and oxygen atoms in total. The molecule has 1 amide bonds. The molecular formula is C21H26N6O5. The monoisotopic (exact) mass is 442 g/mol. The minimum atomic E-state index is -1.14. The van der Waals surface area contributed by atoms with Crippen molar-refractivity contribution in [3.8, 4) is 11.5 Å². The number of nitrogens with zero attached hydrogens (tertiary/aromatic N) is 5. The summed E-state index contributed by atoms with van der Waals surface area (Å²) in [4.78, 5) is 23.1. The van der Waals surface area contributed by atoms with E-state index in [1.54, 1.807) is 24.7 Å². The summed E-state index contributed by atoms with van der Waals surface area (Å²) in [7, 11) is 0. The van der Waals surface area contributed by atoms with E-state index >= 15 is 0 Å². The van der Waals surface area contributed by atoms with E-state index in [9.17, 15) is 14.9 Å². The predicted octanol–water partition coefficient (Wildman–Crippen LogP) is 3.21. The molecule has 0 aliphatic heterocycles. The molecule has 0 aliphatic rings. The molecule has 0 spiro atoms. The predicted molar refractivity (Wildman–Crippen MR) is 117 cm³/mol. The number of aromatic nitrogens is 4. The standard InChI is InChI=1S/C21H26N6O5/c1-5-31-18-8-7-15(9-19(18)32-6-2)12-25-13-16(10-22-25)24-20(28)21(3,4)26-14-17(11-23-26)27(29)30/h7-11,13-14H,5-6,12H2,1-4H3,(H,24,28). The minimum absolute atomic E-state index is 0.180. The maximum Gasteiger partial charge on any atom is 0.307 e. The Morgan fingerprint density at radius 3 is 2.50 bits per heavy atom. The first kappa shape index (κ1) is 22.8. The fraction of sp³-hybridized carbons (Fsp3) is 0.381. The van der Waals surface area contributed by atoms with Crippen LogP contribution in [0.15, 0.2) is 43.0 Å². The van der Waals surface area contributed by atoms with Gasteiger partial charge in [-0.1, -0.05) is 6.07 Å². The summed E-state index contributed by atoms with van der Waals surface area (Å²) in [5.74, 6) is 0.977. The fourth-order valence-corrected chi connectivity index (χ4v) is 3.00. The second-order valence-corrected chi connectivity index (χ2v) is 7.49. The number of carbonyl (C=O) groups is 1. The van der Waals surface area contributed by atoms with Gasteiger partial charge in [0, 0.05) is 6.20 Å².